The zero-order valence-corrected chi connectivity index (χ0v) is 23.2. The summed E-state index contributed by atoms with van der Waals surface area (Å²) in [5, 5.41) is 10.9. The van der Waals surface area contributed by atoms with E-state index < -0.39 is 0 Å². The number of hydrogen-bond acceptors (Lipinski definition) is 5. The zero-order chi connectivity index (χ0) is 28.1. The summed E-state index contributed by atoms with van der Waals surface area (Å²) >= 11 is 5.97. The predicted octanol–water partition coefficient (Wildman–Crippen LogP) is 5.91. The third-order valence-corrected chi connectivity index (χ3v) is 7.02. The first kappa shape index (κ1) is 30.9. The normalized spacial score (nSPS) is 13.4. The number of aliphatic hydroxyl groups is 1. The molecule has 1 aliphatic heterocycles. The van der Waals surface area contributed by atoms with Crippen molar-refractivity contribution in [2.75, 3.05) is 20.2 Å². The number of imide groups is 1. The fourth-order valence-corrected chi connectivity index (χ4v) is 4.85. The number of amides is 2. The quantitative estimate of drug-likeness (QED) is 0.380. The van der Waals surface area contributed by atoms with Crippen LogP contribution in [0, 0.1) is 19.8 Å². The van der Waals surface area contributed by atoms with Crippen molar-refractivity contribution in [3.8, 4) is 11.1 Å². The highest BCUT2D eigenvalue weighted by molar-refractivity contribution is 6.30. The number of rotatable bonds is 7. The van der Waals surface area contributed by atoms with E-state index in [2.05, 4.69) is 37.3 Å². The molecule has 0 unspecified atom stereocenters. The highest BCUT2D eigenvalue weighted by Gasteiger charge is 2.28. The van der Waals surface area contributed by atoms with Gasteiger partial charge in [-0.15, -0.1) is 0 Å². The molecule has 6 nitrogen and oxygen atoms in total. The van der Waals surface area contributed by atoms with Gasteiger partial charge in [-0.3, -0.25) is 9.59 Å². The van der Waals surface area contributed by atoms with E-state index >= 15 is 0 Å². The predicted molar refractivity (Wildman–Crippen MR) is 153 cm³/mol. The van der Waals surface area contributed by atoms with Crippen LogP contribution in [0.1, 0.15) is 46.3 Å². The molecule has 38 heavy (non-hydrogen) atoms. The maximum absolute atomic E-state index is 13.3. The Bertz CT molecular complexity index is 1170. The Morgan fingerprint density at radius 3 is 2.21 bits per heavy atom. The molecule has 0 spiro atoms. The summed E-state index contributed by atoms with van der Waals surface area (Å²) in [7, 11) is 1.00. The van der Waals surface area contributed by atoms with Crippen LogP contribution in [0.15, 0.2) is 66.7 Å². The smallest absolute Gasteiger partial charge is 0.275 e. The summed E-state index contributed by atoms with van der Waals surface area (Å²) in [6.07, 6.45) is 4.71. The van der Waals surface area contributed by atoms with E-state index in [0.29, 0.717) is 31.0 Å². The van der Waals surface area contributed by atoms with Crippen molar-refractivity contribution in [3.63, 3.8) is 0 Å². The molecular weight excluding hydrogens is 500 g/mol. The van der Waals surface area contributed by atoms with Crippen molar-refractivity contribution in [2.45, 2.75) is 39.5 Å². The third-order valence-electron chi connectivity index (χ3n) is 6.77. The molecule has 1 saturated heterocycles. The van der Waals surface area contributed by atoms with E-state index in [1.54, 1.807) is 0 Å². The number of benzene rings is 3. The lowest BCUT2D eigenvalue weighted by molar-refractivity contribution is -0.130. The number of aliphatic hydroxyl groups excluding tert-OH is 1. The van der Waals surface area contributed by atoms with Gasteiger partial charge in [-0.2, -0.15) is 0 Å². The summed E-state index contributed by atoms with van der Waals surface area (Å²) in [4.78, 5) is 33.2. The van der Waals surface area contributed by atoms with Gasteiger partial charge >= 0.3 is 0 Å². The summed E-state index contributed by atoms with van der Waals surface area (Å²) in [6, 6.07) is 22.1. The minimum Gasteiger partial charge on any atom is -0.400 e. The molecule has 4 rings (SSSR count). The first-order valence-electron chi connectivity index (χ1n) is 12.6. The molecule has 202 valence electrons. The number of aryl methyl sites for hydroxylation is 3. The molecular formula is C31H37ClN2O4. The molecule has 7 heteroatoms. The van der Waals surface area contributed by atoms with Crippen molar-refractivity contribution >= 4 is 30.7 Å². The van der Waals surface area contributed by atoms with Gasteiger partial charge in [0.05, 0.1) is 0 Å². The minimum atomic E-state index is -0.261. The van der Waals surface area contributed by atoms with Gasteiger partial charge in [-0.25, -0.2) is 10.0 Å². The molecule has 3 aromatic carbocycles. The monoisotopic (exact) mass is 536 g/mol. The van der Waals surface area contributed by atoms with Gasteiger partial charge in [0.1, 0.15) is 6.79 Å². The molecule has 1 heterocycles. The lowest BCUT2D eigenvalue weighted by atomic mass is 9.91. The molecule has 2 amide bonds. The summed E-state index contributed by atoms with van der Waals surface area (Å²) in [5.41, 5.74) is 6.11. The first-order chi connectivity index (χ1) is 18.4. The standard InChI is InChI=1S/C29H31ClN2O2.CH4O.CH2O/c1-21-4-3-5-25(18-21)26-10-13-28(22(2)19-26)29(34)32(20-33)31-16-14-24(15-17-31)7-6-23-8-11-27(30)12-9-23;2*1-2/h3-5,8-13,18-20,24H,6-7,14-17H2,1-2H3;2H,1H3;1H2. The molecule has 0 atom stereocenters. The van der Waals surface area contributed by atoms with Crippen molar-refractivity contribution in [2.24, 2.45) is 5.92 Å². The number of hydrazine groups is 1. The second-order valence-electron chi connectivity index (χ2n) is 9.22. The highest BCUT2D eigenvalue weighted by atomic mass is 35.5. The van der Waals surface area contributed by atoms with Crippen LogP contribution < -0.4 is 0 Å². The second-order valence-corrected chi connectivity index (χ2v) is 9.65. The van der Waals surface area contributed by atoms with Gasteiger partial charge in [0, 0.05) is 30.8 Å². The summed E-state index contributed by atoms with van der Waals surface area (Å²) < 4.78 is 0. The topological polar surface area (TPSA) is 77.9 Å². The molecule has 0 aromatic heterocycles. The Balaban J connectivity index is 0.00000121. The van der Waals surface area contributed by atoms with Crippen molar-refractivity contribution in [1.82, 2.24) is 10.0 Å². The van der Waals surface area contributed by atoms with Crippen LogP contribution in [0.4, 0.5) is 0 Å². The van der Waals surface area contributed by atoms with Gasteiger partial charge in [-0.05, 0) is 85.9 Å². The fourth-order valence-electron chi connectivity index (χ4n) is 4.72. The molecule has 0 saturated carbocycles. The zero-order valence-electron chi connectivity index (χ0n) is 22.4. The van der Waals surface area contributed by atoms with Gasteiger partial charge in [0.15, 0.2) is 0 Å². The second kappa shape index (κ2) is 15.8. The maximum Gasteiger partial charge on any atom is 0.275 e. The molecule has 0 aliphatic carbocycles. The van der Waals surface area contributed by atoms with E-state index in [1.165, 1.54) is 16.1 Å². The van der Waals surface area contributed by atoms with Gasteiger partial charge in [-0.1, -0.05) is 65.7 Å². The summed E-state index contributed by atoms with van der Waals surface area (Å²) in [6.45, 7) is 7.40. The van der Waals surface area contributed by atoms with Crippen molar-refractivity contribution in [1.29, 1.82) is 0 Å². The number of piperidine rings is 1. The Morgan fingerprint density at radius 2 is 1.63 bits per heavy atom. The first-order valence-corrected chi connectivity index (χ1v) is 13.0. The van der Waals surface area contributed by atoms with E-state index in [-0.39, 0.29) is 5.91 Å². The van der Waals surface area contributed by atoms with E-state index in [4.69, 9.17) is 21.5 Å². The lowest BCUT2D eigenvalue weighted by Gasteiger charge is -2.36. The lowest BCUT2D eigenvalue weighted by Crippen LogP contribution is -2.49. The average Bonchev–Trinajstić information content (AvgIpc) is 2.96. The number of carbonyl (C=O) groups excluding carboxylic acids is 3. The number of hydrogen-bond donors (Lipinski definition) is 1. The largest absolute Gasteiger partial charge is 0.400 e. The Morgan fingerprint density at radius 1 is 1.00 bits per heavy atom. The number of nitrogens with zero attached hydrogens (tertiary/aromatic N) is 2. The maximum atomic E-state index is 13.3. The van der Waals surface area contributed by atoms with Gasteiger partial charge in [0.25, 0.3) is 5.91 Å². The van der Waals surface area contributed by atoms with Crippen LogP contribution in [0.3, 0.4) is 0 Å². The Hall–Kier alpha value is -3.32. The molecule has 1 fully saturated rings. The Labute approximate surface area is 230 Å². The Kier molecular flexibility index (Phi) is 12.9. The van der Waals surface area contributed by atoms with Crippen LogP contribution in [0.2, 0.25) is 5.02 Å². The van der Waals surface area contributed by atoms with Gasteiger partial charge in [0.2, 0.25) is 6.41 Å². The van der Waals surface area contributed by atoms with Crippen LogP contribution in [0.5, 0.6) is 0 Å². The van der Waals surface area contributed by atoms with Gasteiger partial charge < -0.3 is 9.90 Å². The van der Waals surface area contributed by atoms with Crippen LogP contribution in [-0.4, -0.2) is 54.4 Å². The fraction of sp³-hybridized carbons (Fsp3) is 0.323. The average molecular weight is 537 g/mol. The molecule has 0 radical (unpaired) electrons. The SMILES string of the molecule is C=O.CO.Cc1cccc(-c2ccc(C(=O)N(C=O)N3CCC(CCc4ccc(Cl)cc4)CC3)c(C)c2)c1. The van der Waals surface area contributed by atoms with E-state index in [9.17, 15) is 9.59 Å². The van der Waals surface area contributed by atoms with Crippen molar-refractivity contribution < 1.29 is 19.5 Å². The number of halogens is 1. The van der Waals surface area contributed by atoms with Crippen LogP contribution >= 0.6 is 11.6 Å². The van der Waals surface area contributed by atoms with Crippen molar-refractivity contribution in [3.05, 3.63) is 94.0 Å². The van der Waals surface area contributed by atoms with Crippen LogP contribution in [0.25, 0.3) is 11.1 Å². The molecule has 1 N–H and O–H groups in total. The molecule has 1 aliphatic rings. The summed E-state index contributed by atoms with van der Waals surface area (Å²) in [5.74, 6) is 0.328. The van der Waals surface area contributed by atoms with Crippen LogP contribution in [-0.2, 0) is 16.0 Å². The highest BCUT2D eigenvalue weighted by Crippen LogP contribution is 2.26. The molecule has 0 bridgehead atoms. The third kappa shape index (κ3) is 8.35. The molecule has 3 aromatic rings. The number of carbonyl (C=O) groups is 3. The van der Waals surface area contributed by atoms with E-state index in [0.717, 1.165) is 54.5 Å². The van der Waals surface area contributed by atoms with E-state index in [1.807, 2.05) is 55.1 Å². The minimum absolute atomic E-state index is 0.261.